The highest BCUT2D eigenvalue weighted by molar-refractivity contribution is 8.18. The number of methoxy groups -OCH3 is 1. The molecule has 9 nitrogen and oxygen atoms in total. The number of ether oxygens (including phenoxy) is 3. The maximum atomic E-state index is 12.8. The number of nitrogens with zero attached hydrogens (tertiary/aromatic N) is 1. The minimum absolute atomic E-state index is 0.159. The number of halogens is 1. The molecule has 3 amide bonds. The fraction of sp³-hybridized carbons (Fsp3) is 0.250. The third kappa shape index (κ3) is 6.77. The number of hydrogen-bond acceptors (Lipinski definition) is 8. The van der Waals surface area contributed by atoms with E-state index in [1.807, 2.05) is 6.92 Å². The number of nitrogens with one attached hydrogen (secondary N) is 1. The van der Waals surface area contributed by atoms with Crippen molar-refractivity contribution in [3.05, 3.63) is 57.5 Å². The molecular formula is C24H23ClN2O7S. The first-order chi connectivity index (χ1) is 16.7. The summed E-state index contributed by atoms with van der Waals surface area (Å²) in [6.07, 6.45) is 1.52. The van der Waals surface area contributed by atoms with Crippen LogP contribution in [-0.4, -0.2) is 54.8 Å². The molecule has 1 aliphatic rings. The van der Waals surface area contributed by atoms with Gasteiger partial charge < -0.3 is 19.5 Å². The van der Waals surface area contributed by atoms with Crippen molar-refractivity contribution in [2.45, 2.75) is 13.8 Å². The van der Waals surface area contributed by atoms with Gasteiger partial charge in [-0.2, -0.15) is 0 Å². The van der Waals surface area contributed by atoms with Gasteiger partial charge in [0.2, 0.25) is 5.91 Å². The fourth-order valence-corrected chi connectivity index (χ4v) is 4.02. The Morgan fingerprint density at radius 1 is 1.11 bits per heavy atom. The second kappa shape index (κ2) is 11.8. The van der Waals surface area contributed by atoms with Crippen LogP contribution >= 0.6 is 23.4 Å². The SMILES string of the molecule is CCOc1cc(/C=C2/SC(=O)N(CC(=O)Nc3ccc(C)c(Cl)c3)C2=O)ccc1OCC(=O)OC. The number of anilines is 1. The molecule has 0 saturated carbocycles. The van der Waals surface area contributed by atoms with Crippen LogP contribution in [0.25, 0.3) is 6.08 Å². The zero-order valence-corrected chi connectivity index (χ0v) is 20.8. The van der Waals surface area contributed by atoms with Gasteiger partial charge in [-0.25, -0.2) is 4.79 Å². The zero-order valence-electron chi connectivity index (χ0n) is 19.3. The Bertz CT molecular complexity index is 1200. The molecule has 0 atom stereocenters. The lowest BCUT2D eigenvalue weighted by Gasteiger charge is -2.13. The summed E-state index contributed by atoms with van der Waals surface area (Å²) in [6.45, 7) is 3.25. The van der Waals surface area contributed by atoms with Gasteiger partial charge in [-0.15, -0.1) is 0 Å². The van der Waals surface area contributed by atoms with Crippen LogP contribution in [0.2, 0.25) is 5.02 Å². The minimum Gasteiger partial charge on any atom is -0.490 e. The first kappa shape index (κ1) is 26.1. The number of carbonyl (C=O) groups is 4. The molecule has 35 heavy (non-hydrogen) atoms. The predicted molar refractivity (Wildman–Crippen MR) is 133 cm³/mol. The van der Waals surface area contributed by atoms with E-state index >= 15 is 0 Å². The van der Waals surface area contributed by atoms with E-state index in [2.05, 4.69) is 10.1 Å². The Kier molecular flexibility index (Phi) is 8.78. The molecule has 0 unspecified atom stereocenters. The molecule has 0 bridgehead atoms. The molecule has 184 valence electrons. The number of aryl methyl sites for hydroxylation is 1. The molecule has 1 heterocycles. The largest absolute Gasteiger partial charge is 0.490 e. The first-order valence-corrected chi connectivity index (χ1v) is 11.7. The van der Waals surface area contributed by atoms with Crippen molar-refractivity contribution in [3.63, 3.8) is 0 Å². The van der Waals surface area contributed by atoms with E-state index in [1.165, 1.54) is 13.2 Å². The Balaban J connectivity index is 1.71. The van der Waals surface area contributed by atoms with Gasteiger partial charge in [0.05, 0.1) is 18.6 Å². The van der Waals surface area contributed by atoms with E-state index in [-0.39, 0.29) is 11.5 Å². The van der Waals surface area contributed by atoms with Crippen LogP contribution in [0.5, 0.6) is 11.5 Å². The van der Waals surface area contributed by atoms with E-state index in [4.69, 9.17) is 21.1 Å². The summed E-state index contributed by atoms with van der Waals surface area (Å²) in [5.41, 5.74) is 1.89. The third-order valence-electron chi connectivity index (χ3n) is 4.77. The number of thioether (sulfide) groups is 1. The molecule has 1 saturated heterocycles. The third-order valence-corrected chi connectivity index (χ3v) is 6.08. The Morgan fingerprint density at radius 3 is 2.57 bits per heavy atom. The van der Waals surface area contributed by atoms with Crippen LogP contribution in [0.4, 0.5) is 10.5 Å². The fourth-order valence-electron chi connectivity index (χ4n) is 3.00. The van der Waals surface area contributed by atoms with Gasteiger partial charge in [-0.05, 0) is 67.1 Å². The van der Waals surface area contributed by atoms with Crippen molar-refractivity contribution < 1.29 is 33.4 Å². The lowest BCUT2D eigenvalue weighted by atomic mass is 10.2. The normalized spacial score (nSPS) is 14.3. The van der Waals surface area contributed by atoms with E-state index in [0.29, 0.717) is 34.4 Å². The van der Waals surface area contributed by atoms with Gasteiger partial charge in [-0.3, -0.25) is 19.3 Å². The molecule has 2 aromatic carbocycles. The van der Waals surface area contributed by atoms with Crippen LogP contribution in [-0.2, 0) is 19.1 Å². The number of hydrogen-bond donors (Lipinski definition) is 1. The number of rotatable bonds is 9. The van der Waals surface area contributed by atoms with Crippen LogP contribution in [0.1, 0.15) is 18.1 Å². The molecular weight excluding hydrogens is 496 g/mol. The average molecular weight is 519 g/mol. The van der Waals surface area contributed by atoms with Gasteiger partial charge in [0.1, 0.15) is 6.54 Å². The van der Waals surface area contributed by atoms with Crippen molar-refractivity contribution in [2.75, 3.05) is 32.2 Å². The molecule has 0 spiro atoms. The summed E-state index contributed by atoms with van der Waals surface area (Å²) >= 11 is 6.80. The van der Waals surface area contributed by atoms with Crippen LogP contribution in [0, 0.1) is 6.92 Å². The highest BCUT2D eigenvalue weighted by Crippen LogP contribution is 2.34. The average Bonchev–Trinajstić information content (AvgIpc) is 3.08. The lowest BCUT2D eigenvalue weighted by Crippen LogP contribution is -2.36. The lowest BCUT2D eigenvalue weighted by molar-refractivity contribution is -0.143. The number of imide groups is 1. The summed E-state index contributed by atoms with van der Waals surface area (Å²) in [5.74, 6) is -0.962. The Morgan fingerprint density at radius 2 is 1.89 bits per heavy atom. The molecule has 1 aliphatic heterocycles. The van der Waals surface area contributed by atoms with Crippen LogP contribution in [0.3, 0.4) is 0 Å². The van der Waals surface area contributed by atoms with E-state index in [1.54, 1.807) is 43.3 Å². The second-order valence-corrected chi connectivity index (χ2v) is 8.68. The summed E-state index contributed by atoms with van der Waals surface area (Å²) in [5, 5.41) is 2.57. The maximum Gasteiger partial charge on any atom is 0.343 e. The van der Waals surface area contributed by atoms with E-state index in [0.717, 1.165) is 22.2 Å². The Labute approximate surface area is 211 Å². The topological polar surface area (TPSA) is 111 Å². The van der Waals surface area contributed by atoms with Crippen molar-refractivity contribution in [3.8, 4) is 11.5 Å². The molecule has 2 aromatic rings. The molecule has 1 N–H and O–H groups in total. The van der Waals surface area contributed by atoms with Crippen LogP contribution < -0.4 is 14.8 Å². The van der Waals surface area contributed by atoms with Crippen molar-refractivity contribution in [1.82, 2.24) is 4.90 Å². The number of esters is 1. The van der Waals surface area contributed by atoms with Gasteiger partial charge >= 0.3 is 5.97 Å². The zero-order chi connectivity index (χ0) is 25.5. The highest BCUT2D eigenvalue weighted by atomic mass is 35.5. The monoisotopic (exact) mass is 518 g/mol. The van der Waals surface area contributed by atoms with Gasteiger partial charge in [0.25, 0.3) is 11.1 Å². The summed E-state index contributed by atoms with van der Waals surface area (Å²) < 4.78 is 15.5. The molecule has 3 rings (SSSR count). The molecule has 1 fully saturated rings. The smallest absolute Gasteiger partial charge is 0.343 e. The first-order valence-electron chi connectivity index (χ1n) is 10.5. The Hall–Kier alpha value is -3.50. The minimum atomic E-state index is -0.582. The standard InChI is InChI=1S/C24H23ClN2O7S/c1-4-33-19-9-15(6-8-18(19)34-13-22(29)32-3)10-20-23(30)27(24(31)35-20)12-21(28)26-16-7-5-14(2)17(25)11-16/h5-11H,4,12-13H2,1-3H3,(H,26,28)/b20-10+. The van der Waals surface area contributed by atoms with Gasteiger partial charge in [0, 0.05) is 10.7 Å². The van der Waals surface area contributed by atoms with E-state index in [9.17, 15) is 19.2 Å². The van der Waals surface area contributed by atoms with E-state index < -0.39 is 29.6 Å². The van der Waals surface area contributed by atoms with Crippen molar-refractivity contribution in [1.29, 1.82) is 0 Å². The molecule has 0 radical (unpaired) electrons. The number of amides is 3. The van der Waals surface area contributed by atoms with Gasteiger partial charge in [0.15, 0.2) is 18.1 Å². The summed E-state index contributed by atoms with van der Waals surface area (Å²) in [6, 6.07) is 9.89. The van der Waals surface area contributed by atoms with Crippen LogP contribution in [0.15, 0.2) is 41.3 Å². The number of carbonyl (C=O) groups excluding carboxylic acids is 4. The number of benzene rings is 2. The summed E-state index contributed by atoms with van der Waals surface area (Å²) in [7, 11) is 1.26. The maximum absolute atomic E-state index is 12.8. The predicted octanol–water partition coefficient (Wildman–Crippen LogP) is 4.27. The van der Waals surface area contributed by atoms with Crippen molar-refractivity contribution >= 4 is 58.1 Å². The highest BCUT2D eigenvalue weighted by Gasteiger charge is 2.36. The molecule has 0 aromatic heterocycles. The molecule has 0 aliphatic carbocycles. The van der Waals surface area contributed by atoms with Gasteiger partial charge in [-0.1, -0.05) is 23.7 Å². The second-order valence-electron chi connectivity index (χ2n) is 7.28. The van der Waals surface area contributed by atoms with Crippen molar-refractivity contribution in [2.24, 2.45) is 0 Å². The molecule has 11 heteroatoms. The summed E-state index contributed by atoms with van der Waals surface area (Å²) in [4.78, 5) is 50.0. The quantitative estimate of drug-likeness (QED) is 0.387.